The maximum atomic E-state index is 13.0. The number of aromatic nitrogens is 1. The van der Waals surface area contributed by atoms with Crippen LogP contribution in [0.3, 0.4) is 0 Å². The number of benzene rings is 2. The molecule has 0 unspecified atom stereocenters. The van der Waals surface area contributed by atoms with Crippen molar-refractivity contribution in [1.82, 2.24) is 4.98 Å². The summed E-state index contributed by atoms with van der Waals surface area (Å²) in [5.41, 5.74) is 2.02. The van der Waals surface area contributed by atoms with Crippen molar-refractivity contribution in [1.29, 1.82) is 0 Å². The molecule has 0 saturated carbocycles. The zero-order chi connectivity index (χ0) is 20.8. The van der Waals surface area contributed by atoms with E-state index in [9.17, 15) is 14.0 Å². The Labute approximate surface area is 171 Å². The van der Waals surface area contributed by atoms with Crippen molar-refractivity contribution < 1.29 is 23.5 Å². The molecule has 0 aliphatic rings. The van der Waals surface area contributed by atoms with Crippen molar-refractivity contribution in [2.75, 3.05) is 11.9 Å². The summed E-state index contributed by atoms with van der Waals surface area (Å²) in [4.78, 5) is 28.7. The first kappa shape index (κ1) is 20.5. The van der Waals surface area contributed by atoms with Gasteiger partial charge in [0, 0.05) is 12.1 Å². The quantitative estimate of drug-likeness (QED) is 0.455. The van der Waals surface area contributed by atoms with Crippen LogP contribution in [0.5, 0.6) is 5.75 Å². The number of esters is 1. The third kappa shape index (κ3) is 5.61. The third-order valence-corrected chi connectivity index (χ3v) is 5.02. The minimum atomic E-state index is -0.550. The van der Waals surface area contributed by atoms with Gasteiger partial charge in [0.2, 0.25) is 0 Å². The Morgan fingerprint density at radius 3 is 2.45 bits per heavy atom. The van der Waals surface area contributed by atoms with E-state index in [1.807, 2.05) is 0 Å². The van der Waals surface area contributed by atoms with Gasteiger partial charge in [0.05, 0.1) is 17.3 Å². The van der Waals surface area contributed by atoms with Gasteiger partial charge >= 0.3 is 12.1 Å². The molecule has 0 saturated heterocycles. The van der Waals surface area contributed by atoms with Crippen LogP contribution in [0.1, 0.15) is 32.9 Å². The number of anilines is 1. The fourth-order valence-corrected chi connectivity index (χ4v) is 3.51. The Balaban J connectivity index is 1.64. The largest absolute Gasteiger partial charge is 0.450 e. The maximum Gasteiger partial charge on any atom is 0.411 e. The highest BCUT2D eigenvalue weighted by Gasteiger charge is 2.18. The van der Waals surface area contributed by atoms with E-state index in [-0.39, 0.29) is 12.4 Å². The average molecular weight is 414 g/mol. The number of halogens is 1. The van der Waals surface area contributed by atoms with Gasteiger partial charge in [-0.2, -0.15) is 0 Å². The maximum absolute atomic E-state index is 13.0. The van der Waals surface area contributed by atoms with E-state index in [1.54, 1.807) is 50.2 Å². The molecule has 29 heavy (non-hydrogen) atoms. The zero-order valence-corrected chi connectivity index (χ0v) is 16.7. The minimum absolute atomic E-state index is 0.277. The first-order valence-corrected chi connectivity index (χ1v) is 9.73. The molecule has 0 fully saturated rings. The van der Waals surface area contributed by atoms with Gasteiger partial charge in [0.1, 0.15) is 16.4 Å². The molecule has 0 radical (unpaired) electrons. The molecule has 0 aliphatic heterocycles. The molecular formula is C21H19FN2O4S. The Hall–Kier alpha value is -3.26. The molecule has 0 bridgehead atoms. The van der Waals surface area contributed by atoms with Crippen LogP contribution in [-0.4, -0.2) is 23.7 Å². The van der Waals surface area contributed by atoms with E-state index in [2.05, 4.69) is 10.3 Å². The van der Waals surface area contributed by atoms with Gasteiger partial charge in [0.25, 0.3) is 0 Å². The fourth-order valence-electron chi connectivity index (χ4n) is 2.54. The van der Waals surface area contributed by atoms with E-state index in [1.165, 1.54) is 23.5 Å². The van der Waals surface area contributed by atoms with E-state index in [0.717, 1.165) is 10.6 Å². The third-order valence-electron chi connectivity index (χ3n) is 3.88. The predicted octanol–water partition coefficient (Wildman–Crippen LogP) is 4.97. The van der Waals surface area contributed by atoms with Gasteiger partial charge in [-0.1, -0.05) is 12.1 Å². The molecule has 1 amide bonds. The lowest BCUT2D eigenvalue weighted by atomic mass is 10.1. The second kappa shape index (κ2) is 9.29. The van der Waals surface area contributed by atoms with Crippen LogP contribution >= 0.6 is 11.3 Å². The Bertz CT molecular complexity index is 1000. The summed E-state index contributed by atoms with van der Waals surface area (Å²) in [6.45, 7) is 3.74. The summed E-state index contributed by atoms with van der Waals surface area (Å²) in [7, 11) is 0. The van der Waals surface area contributed by atoms with E-state index < -0.39 is 12.1 Å². The molecular weight excluding hydrogens is 395 g/mol. The molecule has 1 aromatic heterocycles. The van der Waals surface area contributed by atoms with E-state index in [0.29, 0.717) is 28.4 Å². The molecule has 8 heteroatoms. The van der Waals surface area contributed by atoms with Crippen LogP contribution in [0, 0.1) is 12.7 Å². The van der Waals surface area contributed by atoms with Gasteiger partial charge in [-0.15, -0.1) is 11.3 Å². The molecule has 0 aliphatic carbocycles. The van der Waals surface area contributed by atoms with Gasteiger partial charge in [0.15, 0.2) is 0 Å². The summed E-state index contributed by atoms with van der Waals surface area (Å²) in [5, 5.41) is 3.31. The topological polar surface area (TPSA) is 77.5 Å². The number of rotatable bonds is 6. The number of hydrogen-bond donors (Lipinski definition) is 1. The van der Waals surface area contributed by atoms with Crippen LogP contribution in [0.2, 0.25) is 0 Å². The normalized spacial score (nSPS) is 10.4. The zero-order valence-electron chi connectivity index (χ0n) is 15.9. The number of nitrogens with one attached hydrogen (secondary N) is 1. The number of carbonyl (C=O) groups excluding carboxylic acids is 2. The highest BCUT2D eigenvalue weighted by Crippen LogP contribution is 2.24. The molecule has 0 spiro atoms. The van der Waals surface area contributed by atoms with Crippen LogP contribution < -0.4 is 10.1 Å². The number of ether oxygens (including phenoxy) is 2. The summed E-state index contributed by atoms with van der Waals surface area (Å²) >= 11 is 1.25. The minimum Gasteiger partial charge on any atom is -0.450 e. The van der Waals surface area contributed by atoms with Crippen LogP contribution in [0.15, 0.2) is 48.5 Å². The van der Waals surface area contributed by atoms with Gasteiger partial charge in [-0.25, -0.2) is 19.0 Å². The fraction of sp³-hybridized carbons (Fsp3) is 0.190. The second-order valence-corrected chi connectivity index (χ2v) is 7.17. The lowest BCUT2D eigenvalue weighted by Gasteiger charge is -2.07. The van der Waals surface area contributed by atoms with Crippen molar-refractivity contribution in [3.8, 4) is 5.75 Å². The standard InChI is InChI=1S/C21H19FN2O4S/c1-3-27-21(26)24-16-8-10-17(11-9-16)28-20(25)19-13(2)23-18(29-19)12-14-4-6-15(22)7-5-14/h4-11H,3,12H2,1-2H3,(H,24,26). The Morgan fingerprint density at radius 2 is 1.79 bits per heavy atom. The van der Waals surface area contributed by atoms with Crippen molar-refractivity contribution in [2.45, 2.75) is 20.3 Å². The van der Waals surface area contributed by atoms with Crippen molar-refractivity contribution >= 4 is 29.1 Å². The molecule has 2 aromatic carbocycles. The van der Waals surface area contributed by atoms with Crippen molar-refractivity contribution in [3.05, 3.63) is 75.5 Å². The van der Waals surface area contributed by atoms with Gasteiger partial charge in [-0.05, 0) is 55.8 Å². The van der Waals surface area contributed by atoms with Crippen molar-refractivity contribution in [3.63, 3.8) is 0 Å². The van der Waals surface area contributed by atoms with E-state index >= 15 is 0 Å². The van der Waals surface area contributed by atoms with Crippen LogP contribution in [0.25, 0.3) is 0 Å². The molecule has 3 aromatic rings. The summed E-state index contributed by atoms with van der Waals surface area (Å²) in [5.74, 6) is -0.453. The summed E-state index contributed by atoms with van der Waals surface area (Å²) < 4.78 is 23.2. The molecule has 3 rings (SSSR count). The Morgan fingerprint density at radius 1 is 1.10 bits per heavy atom. The van der Waals surface area contributed by atoms with Gasteiger partial charge in [-0.3, -0.25) is 5.32 Å². The number of carbonyl (C=O) groups is 2. The molecule has 1 heterocycles. The molecule has 6 nitrogen and oxygen atoms in total. The Kier molecular flexibility index (Phi) is 6.56. The van der Waals surface area contributed by atoms with Crippen molar-refractivity contribution in [2.24, 2.45) is 0 Å². The number of hydrogen-bond acceptors (Lipinski definition) is 6. The lowest BCUT2D eigenvalue weighted by molar-refractivity contribution is 0.0738. The summed E-state index contributed by atoms with van der Waals surface area (Å²) in [6.07, 6.45) is -0.0426. The number of aryl methyl sites for hydroxylation is 1. The van der Waals surface area contributed by atoms with E-state index in [4.69, 9.17) is 9.47 Å². The first-order chi connectivity index (χ1) is 13.9. The highest BCUT2D eigenvalue weighted by atomic mass is 32.1. The van der Waals surface area contributed by atoms with Crippen LogP contribution in [-0.2, 0) is 11.2 Å². The first-order valence-electron chi connectivity index (χ1n) is 8.91. The SMILES string of the molecule is CCOC(=O)Nc1ccc(OC(=O)c2sc(Cc3ccc(F)cc3)nc2C)cc1. The molecule has 150 valence electrons. The van der Waals surface area contributed by atoms with Gasteiger partial charge < -0.3 is 9.47 Å². The number of nitrogens with zero attached hydrogens (tertiary/aromatic N) is 1. The van der Waals surface area contributed by atoms with Crippen LogP contribution in [0.4, 0.5) is 14.9 Å². The predicted molar refractivity (Wildman–Crippen MR) is 108 cm³/mol. The second-order valence-electron chi connectivity index (χ2n) is 6.08. The number of amides is 1. The molecule has 0 atom stereocenters. The molecule has 1 N–H and O–H groups in total. The number of thiazole rings is 1. The highest BCUT2D eigenvalue weighted by molar-refractivity contribution is 7.13. The average Bonchev–Trinajstić information content (AvgIpc) is 3.05. The monoisotopic (exact) mass is 414 g/mol. The lowest BCUT2D eigenvalue weighted by Crippen LogP contribution is -2.13. The smallest absolute Gasteiger partial charge is 0.411 e. The summed E-state index contributed by atoms with van der Waals surface area (Å²) in [6, 6.07) is 12.5.